The third-order valence-electron chi connectivity index (χ3n) is 2.31. The summed E-state index contributed by atoms with van der Waals surface area (Å²) in [5.74, 6) is 0.977. The highest BCUT2D eigenvalue weighted by molar-refractivity contribution is 9.10. The minimum Gasteiger partial charge on any atom is -0.350 e. The summed E-state index contributed by atoms with van der Waals surface area (Å²) in [6.45, 7) is 2.01. The summed E-state index contributed by atoms with van der Waals surface area (Å²) in [6.07, 6.45) is 3.03. The first-order valence-electron chi connectivity index (χ1n) is 5.29. The molecule has 0 aliphatic heterocycles. The van der Waals surface area contributed by atoms with Gasteiger partial charge in [0.15, 0.2) is 0 Å². The number of halogens is 2. The minimum absolute atomic E-state index is 0.0675. The van der Waals surface area contributed by atoms with E-state index >= 15 is 0 Å². The van der Waals surface area contributed by atoms with Crippen LogP contribution in [-0.4, -0.2) is 24.0 Å². The van der Waals surface area contributed by atoms with Gasteiger partial charge in [-0.2, -0.15) is 11.8 Å². The molecule has 0 spiro atoms. The second kappa shape index (κ2) is 7.29. The molecular weight excluding hydrogens is 322 g/mol. The highest BCUT2D eigenvalue weighted by Crippen LogP contribution is 2.21. The van der Waals surface area contributed by atoms with E-state index in [1.807, 2.05) is 6.92 Å². The van der Waals surface area contributed by atoms with Gasteiger partial charge in [-0.05, 0) is 59.5 Å². The maximum absolute atomic E-state index is 12.0. The molecule has 0 fully saturated rings. The van der Waals surface area contributed by atoms with Crippen molar-refractivity contribution in [1.82, 2.24) is 5.32 Å². The van der Waals surface area contributed by atoms with Gasteiger partial charge in [-0.3, -0.25) is 4.79 Å². The largest absolute Gasteiger partial charge is 0.350 e. The summed E-state index contributed by atoms with van der Waals surface area (Å²) in [6, 6.07) is 5.34. The molecule has 0 aliphatic carbocycles. The molecule has 5 heteroatoms. The smallest absolute Gasteiger partial charge is 0.252 e. The summed E-state index contributed by atoms with van der Waals surface area (Å²) >= 11 is 11.0. The van der Waals surface area contributed by atoms with Crippen LogP contribution in [0.2, 0.25) is 5.02 Å². The molecular formula is C12H15BrClNOS. The maximum atomic E-state index is 12.0. The van der Waals surface area contributed by atoms with Gasteiger partial charge in [-0.25, -0.2) is 0 Å². The Morgan fingerprint density at radius 1 is 1.59 bits per heavy atom. The summed E-state index contributed by atoms with van der Waals surface area (Å²) in [4.78, 5) is 12.0. The van der Waals surface area contributed by atoms with Crippen LogP contribution in [0.5, 0.6) is 0 Å². The number of carbonyl (C=O) groups excluding carboxylic acids is 1. The Balaban J connectivity index is 2.63. The Morgan fingerprint density at radius 3 is 2.88 bits per heavy atom. The van der Waals surface area contributed by atoms with E-state index in [0.717, 1.165) is 16.6 Å². The van der Waals surface area contributed by atoms with Gasteiger partial charge in [0.1, 0.15) is 0 Å². The topological polar surface area (TPSA) is 29.1 Å². The van der Waals surface area contributed by atoms with Gasteiger partial charge < -0.3 is 5.32 Å². The first-order valence-corrected chi connectivity index (χ1v) is 7.86. The molecule has 1 amide bonds. The number of hydrogen-bond acceptors (Lipinski definition) is 2. The number of amides is 1. The van der Waals surface area contributed by atoms with E-state index in [9.17, 15) is 4.79 Å². The summed E-state index contributed by atoms with van der Waals surface area (Å²) < 4.78 is 0.722. The molecule has 1 aromatic carbocycles. The molecule has 1 N–H and O–H groups in total. The Morgan fingerprint density at radius 2 is 2.29 bits per heavy atom. The zero-order chi connectivity index (χ0) is 12.8. The number of rotatable bonds is 5. The van der Waals surface area contributed by atoms with Gasteiger partial charge in [-0.1, -0.05) is 11.6 Å². The lowest BCUT2D eigenvalue weighted by Crippen LogP contribution is -2.33. The fourth-order valence-corrected chi connectivity index (χ4v) is 2.79. The van der Waals surface area contributed by atoms with E-state index in [0.29, 0.717) is 10.6 Å². The summed E-state index contributed by atoms with van der Waals surface area (Å²) in [5, 5.41) is 3.58. The Hall–Kier alpha value is -0.190. The van der Waals surface area contributed by atoms with Gasteiger partial charge in [0, 0.05) is 15.5 Å². The molecule has 0 saturated heterocycles. The molecule has 2 nitrogen and oxygen atoms in total. The van der Waals surface area contributed by atoms with Gasteiger partial charge in [0.2, 0.25) is 0 Å². The van der Waals surface area contributed by atoms with Gasteiger partial charge in [0.05, 0.1) is 5.56 Å². The van der Waals surface area contributed by atoms with Crippen LogP contribution in [-0.2, 0) is 0 Å². The quantitative estimate of drug-likeness (QED) is 0.881. The summed E-state index contributed by atoms with van der Waals surface area (Å²) in [5.41, 5.74) is 0.616. The molecule has 1 aromatic rings. The van der Waals surface area contributed by atoms with Crippen molar-refractivity contribution in [3.63, 3.8) is 0 Å². The van der Waals surface area contributed by atoms with E-state index < -0.39 is 0 Å². The molecule has 0 bridgehead atoms. The fraction of sp³-hybridized carbons (Fsp3) is 0.417. The lowest BCUT2D eigenvalue weighted by atomic mass is 10.2. The van der Waals surface area contributed by atoms with Gasteiger partial charge >= 0.3 is 0 Å². The zero-order valence-electron chi connectivity index (χ0n) is 9.80. The first kappa shape index (κ1) is 14.9. The van der Waals surface area contributed by atoms with Crippen molar-refractivity contribution in [3.05, 3.63) is 33.3 Å². The fourth-order valence-electron chi connectivity index (χ4n) is 1.34. The molecule has 17 heavy (non-hydrogen) atoms. The van der Waals surface area contributed by atoms with Crippen molar-refractivity contribution < 1.29 is 4.79 Å². The lowest BCUT2D eigenvalue weighted by Gasteiger charge is -2.14. The van der Waals surface area contributed by atoms with E-state index in [1.54, 1.807) is 30.0 Å². The first-order chi connectivity index (χ1) is 8.04. The second-order valence-corrected chi connectivity index (χ2v) is 6.06. The van der Waals surface area contributed by atoms with Crippen LogP contribution < -0.4 is 5.32 Å². The molecule has 94 valence electrons. The van der Waals surface area contributed by atoms with Crippen molar-refractivity contribution in [2.45, 2.75) is 19.4 Å². The monoisotopic (exact) mass is 335 g/mol. The van der Waals surface area contributed by atoms with Crippen LogP contribution in [0.4, 0.5) is 0 Å². The van der Waals surface area contributed by atoms with Crippen molar-refractivity contribution in [1.29, 1.82) is 0 Å². The van der Waals surface area contributed by atoms with Crippen LogP contribution in [0.3, 0.4) is 0 Å². The van der Waals surface area contributed by atoms with Crippen molar-refractivity contribution in [2.75, 3.05) is 12.0 Å². The highest BCUT2D eigenvalue weighted by atomic mass is 79.9. The predicted molar refractivity (Wildman–Crippen MR) is 79.1 cm³/mol. The van der Waals surface area contributed by atoms with E-state index in [-0.39, 0.29) is 11.9 Å². The second-order valence-electron chi connectivity index (χ2n) is 3.78. The van der Waals surface area contributed by atoms with Crippen LogP contribution in [0, 0.1) is 0 Å². The third-order valence-corrected chi connectivity index (χ3v) is 3.84. The lowest BCUT2D eigenvalue weighted by molar-refractivity contribution is 0.0939. The molecule has 1 rings (SSSR count). The number of benzene rings is 1. The van der Waals surface area contributed by atoms with Gasteiger partial charge in [0.25, 0.3) is 5.91 Å². The molecule has 0 radical (unpaired) electrons. The number of nitrogens with one attached hydrogen (secondary N) is 1. The highest BCUT2D eigenvalue weighted by Gasteiger charge is 2.12. The van der Waals surface area contributed by atoms with Crippen LogP contribution in [0.1, 0.15) is 23.7 Å². The average molecular weight is 337 g/mol. The normalized spacial score (nSPS) is 12.2. The summed E-state index contributed by atoms with van der Waals surface area (Å²) in [7, 11) is 0. The minimum atomic E-state index is -0.0675. The molecule has 1 atom stereocenters. The Labute approximate surface area is 120 Å². The molecule has 1 unspecified atom stereocenters. The van der Waals surface area contributed by atoms with Crippen LogP contribution in [0.15, 0.2) is 22.7 Å². The van der Waals surface area contributed by atoms with E-state index in [2.05, 4.69) is 27.5 Å². The van der Waals surface area contributed by atoms with Crippen LogP contribution >= 0.6 is 39.3 Å². The molecule has 0 heterocycles. The van der Waals surface area contributed by atoms with E-state index in [4.69, 9.17) is 11.6 Å². The number of carbonyl (C=O) groups is 1. The molecule has 0 aliphatic rings. The Kier molecular flexibility index (Phi) is 6.38. The number of hydrogen-bond donors (Lipinski definition) is 1. The average Bonchev–Trinajstić information content (AvgIpc) is 2.26. The zero-order valence-corrected chi connectivity index (χ0v) is 13.0. The van der Waals surface area contributed by atoms with Crippen molar-refractivity contribution in [3.8, 4) is 0 Å². The van der Waals surface area contributed by atoms with Gasteiger partial charge in [-0.15, -0.1) is 0 Å². The molecule has 0 saturated carbocycles. The maximum Gasteiger partial charge on any atom is 0.252 e. The molecule has 0 aromatic heterocycles. The Bertz CT molecular complexity index is 400. The van der Waals surface area contributed by atoms with E-state index in [1.165, 1.54) is 0 Å². The third kappa shape index (κ3) is 4.90. The standard InChI is InChI=1S/C12H15BrClNOS/c1-8(5-6-17-2)15-12(16)10-4-3-9(14)7-11(10)13/h3-4,7-8H,5-6H2,1-2H3,(H,15,16). The predicted octanol–water partition coefficient (Wildman–Crippen LogP) is 3.97. The van der Waals surface area contributed by atoms with Crippen molar-refractivity contribution in [2.24, 2.45) is 0 Å². The van der Waals surface area contributed by atoms with Crippen molar-refractivity contribution >= 4 is 45.2 Å². The SMILES string of the molecule is CSCCC(C)NC(=O)c1ccc(Cl)cc1Br. The van der Waals surface area contributed by atoms with Crippen LogP contribution in [0.25, 0.3) is 0 Å². The number of thioether (sulfide) groups is 1.